The number of hydrogen-bond acceptors (Lipinski definition) is 4. The second kappa shape index (κ2) is 7.44. The van der Waals surface area contributed by atoms with E-state index in [4.69, 9.17) is 0 Å². The summed E-state index contributed by atoms with van der Waals surface area (Å²) in [7, 11) is 0. The molecule has 0 aliphatic heterocycles. The van der Waals surface area contributed by atoms with Gasteiger partial charge in [-0.15, -0.1) is 6.58 Å². The number of halogens is 1. The first-order valence-electron chi connectivity index (χ1n) is 7.62. The van der Waals surface area contributed by atoms with Gasteiger partial charge in [0.15, 0.2) is 10.9 Å². The summed E-state index contributed by atoms with van der Waals surface area (Å²) in [4.78, 5) is 29.4. The molecule has 0 radical (unpaired) electrons. The van der Waals surface area contributed by atoms with E-state index in [0.717, 1.165) is 11.8 Å². The van der Waals surface area contributed by atoms with Crippen LogP contribution < -0.4 is 5.56 Å². The summed E-state index contributed by atoms with van der Waals surface area (Å²) in [6.45, 7) is 3.96. The van der Waals surface area contributed by atoms with Gasteiger partial charge in [-0.1, -0.05) is 42.1 Å². The van der Waals surface area contributed by atoms with E-state index in [1.807, 2.05) is 0 Å². The van der Waals surface area contributed by atoms with Crippen molar-refractivity contribution >= 4 is 28.4 Å². The van der Waals surface area contributed by atoms with Gasteiger partial charge in [-0.3, -0.25) is 14.2 Å². The largest absolute Gasteiger partial charge is 0.293 e. The number of ketones is 1. The van der Waals surface area contributed by atoms with Crippen molar-refractivity contribution < 1.29 is 9.18 Å². The number of para-hydroxylation sites is 1. The topological polar surface area (TPSA) is 52.0 Å². The number of carbonyl (C=O) groups is 1. The highest BCUT2D eigenvalue weighted by Gasteiger charge is 2.13. The number of rotatable bonds is 6. The summed E-state index contributed by atoms with van der Waals surface area (Å²) < 4.78 is 14.7. The van der Waals surface area contributed by atoms with Gasteiger partial charge in [0.25, 0.3) is 5.56 Å². The summed E-state index contributed by atoms with van der Waals surface area (Å²) in [6, 6.07) is 12.6. The molecule has 0 fully saturated rings. The first-order chi connectivity index (χ1) is 12.1. The van der Waals surface area contributed by atoms with Crippen LogP contribution in [-0.2, 0) is 6.54 Å². The Balaban J connectivity index is 1.92. The zero-order valence-electron chi connectivity index (χ0n) is 13.3. The van der Waals surface area contributed by atoms with Crippen LogP contribution in [0.1, 0.15) is 10.4 Å². The lowest BCUT2D eigenvalue weighted by atomic mass is 10.1. The third-order valence-electron chi connectivity index (χ3n) is 3.62. The number of carbonyl (C=O) groups excluding carboxylic acids is 1. The van der Waals surface area contributed by atoms with Gasteiger partial charge in [0.1, 0.15) is 5.82 Å². The lowest BCUT2D eigenvalue weighted by Gasteiger charge is -2.11. The average molecular weight is 354 g/mol. The number of nitrogens with zero attached hydrogens (tertiary/aromatic N) is 2. The summed E-state index contributed by atoms with van der Waals surface area (Å²) in [5.74, 6) is -0.619. The standard InChI is InChI=1S/C19H15FN2O2S/c1-2-10-22-18(24)15-8-3-4-9-16(15)21-19(22)25-12-17(23)13-6-5-7-14(20)11-13/h2-9,11H,1,10,12H2. The molecule has 1 aromatic heterocycles. The van der Waals surface area contributed by atoms with Crippen LogP contribution in [0.3, 0.4) is 0 Å². The molecule has 2 aromatic carbocycles. The Morgan fingerprint density at radius 1 is 1.24 bits per heavy atom. The number of Topliss-reactive ketones (excluding diaryl/α,β-unsaturated/α-hetero) is 1. The minimum atomic E-state index is -0.455. The quantitative estimate of drug-likeness (QED) is 0.293. The van der Waals surface area contributed by atoms with Gasteiger partial charge >= 0.3 is 0 Å². The van der Waals surface area contributed by atoms with Crippen molar-refractivity contribution in [3.63, 3.8) is 0 Å². The van der Waals surface area contributed by atoms with Gasteiger partial charge in [0.2, 0.25) is 0 Å². The third-order valence-corrected chi connectivity index (χ3v) is 4.59. The number of fused-ring (bicyclic) bond motifs is 1. The van der Waals surface area contributed by atoms with Gasteiger partial charge < -0.3 is 0 Å². The van der Waals surface area contributed by atoms with Crippen molar-refractivity contribution in [2.75, 3.05) is 5.75 Å². The van der Waals surface area contributed by atoms with Crippen molar-refractivity contribution in [3.8, 4) is 0 Å². The van der Waals surface area contributed by atoms with Crippen LogP contribution in [0.2, 0.25) is 0 Å². The molecule has 0 bridgehead atoms. The zero-order chi connectivity index (χ0) is 17.8. The van der Waals surface area contributed by atoms with Crippen LogP contribution in [0, 0.1) is 5.82 Å². The van der Waals surface area contributed by atoms with Crippen LogP contribution in [0.25, 0.3) is 10.9 Å². The molecule has 6 heteroatoms. The SMILES string of the molecule is C=CCn1c(SCC(=O)c2cccc(F)c2)nc2ccccc2c1=O. The summed E-state index contributed by atoms with van der Waals surface area (Å²) in [5, 5.41) is 0.957. The molecule has 0 unspecified atom stereocenters. The van der Waals surface area contributed by atoms with Crippen molar-refractivity contribution in [1.82, 2.24) is 9.55 Å². The average Bonchev–Trinajstić information content (AvgIpc) is 2.62. The van der Waals surface area contributed by atoms with E-state index >= 15 is 0 Å². The molecule has 1 heterocycles. The molecule has 0 amide bonds. The van der Waals surface area contributed by atoms with Crippen LogP contribution in [0.5, 0.6) is 0 Å². The molecule has 3 rings (SSSR count). The second-order valence-corrected chi connectivity index (χ2v) is 6.28. The maximum Gasteiger partial charge on any atom is 0.262 e. The first kappa shape index (κ1) is 17.1. The molecule has 126 valence electrons. The fourth-order valence-corrected chi connectivity index (χ4v) is 3.33. The molecular formula is C19H15FN2O2S. The van der Waals surface area contributed by atoms with E-state index < -0.39 is 5.82 Å². The Kier molecular flexibility index (Phi) is 5.09. The number of aromatic nitrogens is 2. The number of allylic oxidation sites excluding steroid dienone is 1. The fraction of sp³-hybridized carbons (Fsp3) is 0.105. The molecule has 3 aromatic rings. The molecule has 0 atom stereocenters. The van der Waals surface area contributed by atoms with Crippen molar-refractivity contribution in [1.29, 1.82) is 0 Å². The molecule has 0 aliphatic rings. The maximum atomic E-state index is 13.3. The molecular weight excluding hydrogens is 339 g/mol. The van der Waals surface area contributed by atoms with E-state index in [1.54, 1.807) is 36.4 Å². The highest BCUT2D eigenvalue weighted by Crippen LogP contribution is 2.19. The van der Waals surface area contributed by atoms with Crippen molar-refractivity contribution in [2.45, 2.75) is 11.7 Å². The molecule has 0 spiro atoms. The van der Waals surface area contributed by atoms with Gasteiger partial charge in [0, 0.05) is 12.1 Å². The van der Waals surface area contributed by atoms with Crippen molar-refractivity contribution in [2.24, 2.45) is 0 Å². The van der Waals surface area contributed by atoms with Gasteiger partial charge in [-0.2, -0.15) is 0 Å². The highest BCUT2D eigenvalue weighted by molar-refractivity contribution is 7.99. The van der Waals surface area contributed by atoms with E-state index in [9.17, 15) is 14.0 Å². The van der Waals surface area contributed by atoms with E-state index in [-0.39, 0.29) is 17.1 Å². The second-order valence-electron chi connectivity index (χ2n) is 5.34. The fourth-order valence-electron chi connectivity index (χ4n) is 2.42. The summed E-state index contributed by atoms with van der Waals surface area (Å²) in [5.41, 5.74) is 0.700. The maximum absolute atomic E-state index is 13.3. The molecule has 0 saturated heterocycles. The lowest BCUT2D eigenvalue weighted by molar-refractivity contribution is 0.102. The summed E-state index contributed by atoms with van der Waals surface area (Å²) >= 11 is 1.16. The molecule has 0 N–H and O–H groups in total. The Bertz CT molecular complexity index is 1010. The molecule has 25 heavy (non-hydrogen) atoms. The van der Waals surface area contributed by atoms with E-state index in [1.165, 1.54) is 22.8 Å². The minimum Gasteiger partial charge on any atom is -0.293 e. The van der Waals surface area contributed by atoms with Crippen LogP contribution >= 0.6 is 11.8 Å². The first-order valence-corrected chi connectivity index (χ1v) is 8.61. The monoisotopic (exact) mass is 354 g/mol. The Hall–Kier alpha value is -2.73. The van der Waals surface area contributed by atoms with E-state index in [0.29, 0.717) is 28.2 Å². The number of benzene rings is 2. The Labute approximate surface area is 148 Å². The lowest BCUT2D eigenvalue weighted by Crippen LogP contribution is -2.23. The number of hydrogen-bond donors (Lipinski definition) is 0. The smallest absolute Gasteiger partial charge is 0.262 e. The summed E-state index contributed by atoms with van der Waals surface area (Å²) in [6.07, 6.45) is 1.61. The molecule has 0 aliphatic carbocycles. The Morgan fingerprint density at radius 2 is 2.04 bits per heavy atom. The number of thioether (sulfide) groups is 1. The highest BCUT2D eigenvalue weighted by atomic mass is 32.2. The van der Waals surface area contributed by atoms with E-state index in [2.05, 4.69) is 11.6 Å². The predicted octanol–water partition coefficient (Wildman–Crippen LogP) is 3.70. The Morgan fingerprint density at radius 3 is 2.80 bits per heavy atom. The van der Waals surface area contributed by atoms with Crippen LogP contribution in [0.4, 0.5) is 4.39 Å². The zero-order valence-corrected chi connectivity index (χ0v) is 14.1. The van der Waals surface area contributed by atoms with Gasteiger partial charge in [0.05, 0.1) is 16.7 Å². The third kappa shape index (κ3) is 3.69. The van der Waals surface area contributed by atoms with Crippen molar-refractivity contribution in [3.05, 3.63) is 82.9 Å². The normalized spacial score (nSPS) is 10.8. The van der Waals surface area contributed by atoms with Gasteiger partial charge in [-0.05, 0) is 24.3 Å². The van der Waals surface area contributed by atoms with Crippen LogP contribution in [-0.4, -0.2) is 21.1 Å². The molecule has 4 nitrogen and oxygen atoms in total. The molecule has 0 saturated carbocycles. The van der Waals surface area contributed by atoms with Gasteiger partial charge in [-0.25, -0.2) is 9.37 Å². The minimum absolute atomic E-state index is 0.0609. The van der Waals surface area contributed by atoms with Crippen LogP contribution in [0.15, 0.2) is 71.1 Å². The predicted molar refractivity (Wildman–Crippen MR) is 97.7 cm³/mol.